The molecule has 218 valence electrons. The fourth-order valence-electron chi connectivity index (χ4n) is 5.84. The second-order valence-corrected chi connectivity index (χ2v) is 10.6. The van der Waals surface area contributed by atoms with E-state index in [4.69, 9.17) is 9.47 Å². The summed E-state index contributed by atoms with van der Waals surface area (Å²) in [4.78, 5) is 24.9. The Morgan fingerprint density at radius 3 is 2.71 bits per heavy atom. The lowest BCUT2D eigenvalue weighted by Crippen LogP contribution is -2.39. The fourth-order valence-corrected chi connectivity index (χ4v) is 5.84. The third-order valence-corrected chi connectivity index (χ3v) is 8.09. The number of fused-ring (bicyclic) bond motifs is 1. The van der Waals surface area contributed by atoms with Crippen LogP contribution in [0.1, 0.15) is 37.2 Å². The van der Waals surface area contributed by atoms with Crippen LogP contribution in [0, 0.1) is 5.82 Å². The van der Waals surface area contributed by atoms with Gasteiger partial charge in [0.1, 0.15) is 35.0 Å². The van der Waals surface area contributed by atoms with Gasteiger partial charge in [0, 0.05) is 57.8 Å². The van der Waals surface area contributed by atoms with Crippen LogP contribution in [0.25, 0.3) is 5.52 Å². The predicted octanol–water partition coefficient (Wildman–Crippen LogP) is 5.31. The first-order valence-corrected chi connectivity index (χ1v) is 14.2. The van der Waals surface area contributed by atoms with Crippen molar-refractivity contribution in [2.75, 3.05) is 43.5 Å². The molecule has 6 rings (SSSR count). The Morgan fingerprint density at radius 1 is 1.10 bits per heavy atom. The van der Waals surface area contributed by atoms with Gasteiger partial charge in [-0.1, -0.05) is 6.58 Å². The molecule has 10 nitrogen and oxygen atoms in total. The van der Waals surface area contributed by atoms with Gasteiger partial charge in [-0.25, -0.2) is 18.9 Å². The van der Waals surface area contributed by atoms with Crippen LogP contribution in [0.3, 0.4) is 0 Å². The third kappa shape index (κ3) is 5.78. The number of hydrogen-bond acceptors (Lipinski definition) is 8. The first kappa shape index (κ1) is 27.6. The Labute approximate surface area is 243 Å². The summed E-state index contributed by atoms with van der Waals surface area (Å²) in [5, 5.41) is 7.51. The highest BCUT2D eigenvalue weighted by atomic mass is 19.1. The second-order valence-electron chi connectivity index (χ2n) is 10.6. The van der Waals surface area contributed by atoms with Gasteiger partial charge in [0.2, 0.25) is 5.91 Å². The first-order valence-electron chi connectivity index (χ1n) is 14.2. The van der Waals surface area contributed by atoms with Gasteiger partial charge in [-0.15, -0.1) is 0 Å². The molecule has 0 radical (unpaired) electrons. The van der Waals surface area contributed by atoms with E-state index in [1.54, 1.807) is 36.0 Å². The number of rotatable bonds is 8. The predicted molar refractivity (Wildman–Crippen MR) is 158 cm³/mol. The number of piperidine rings is 2. The summed E-state index contributed by atoms with van der Waals surface area (Å²) in [6.07, 6.45) is 10.3. The van der Waals surface area contributed by atoms with Gasteiger partial charge in [-0.05, 0) is 67.5 Å². The first-order chi connectivity index (χ1) is 20.5. The van der Waals surface area contributed by atoms with E-state index in [2.05, 4.69) is 31.9 Å². The maximum Gasteiger partial charge on any atom is 0.245 e. The molecule has 1 N–H and O–H groups in total. The average molecular weight is 572 g/mol. The summed E-state index contributed by atoms with van der Waals surface area (Å²) in [6, 6.07) is 10.4. The molecule has 1 atom stereocenters. The summed E-state index contributed by atoms with van der Waals surface area (Å²) in [7, 11) is 1.73. The van der Waals surface area contributed by atoms with E-state index >= 15 is 4.39 Å². The minimum absolute atomic E-state index is 0.0460. The molecule has 2 aliphatic heterocycles. The second kappa shape index (κ2) is 12.2. The molecular weight excluding hydrogens is 537 g/mol. The standard InChI is InChI=1S/C31H34FN7O3/c1-3-29(40)37-14-9-21(10-15-37)25-11-16-39-30(25)31(34-20-35-39)36-27-7-6-22(17-26(27)32)42-23-8-12-33-28(18-23)38-13-4-5-24(19-38)41-2/h3,6-8,11-12,16-18,20-21,24H,1,4-5,9-10,13-15,19H2,2H3,(H,34,35,36)/t24-/m1/s1. The minimum atomic E-state index is -0.470. The highest BCUT2D eigenvalue weighted by Crippen LogP contribution is 2.35. The van der Waals surface area contributed by atoms with E-state index in [-0.39, 0.29) is 23.6 Å². The van der Waals surface area contributed by atoms with Gasteiger partial charge in [-0.3, -0.25) is 4.79 Å². The van der Waals surface area contributed by atoms with E-state index in [1.807, 2.05) is 23.2 Å². The maximum absolute atomic E-state index is 15.4. The molecule has 0 spiro atoms. The molecule has 2 fully saturated rings. The molecule has 0 bridgehead atoms. The van der Waals surface area contributed by atoms with Gasteiger partial charge in [0.05, 0.1) is 11.8 Å². The number of benzene rings is 1. The molecule has 42 heavy (non-hydrogen) atoms. The normalized spacial score (nSPS) is 17.8. The van der Waals surface area contributed by atoms with Crippen molar-refractivity contribution in [1.82, 2.24) is 24.5 Å². The zero-order chi connectivity index (χ0) is 29.1. The number of likely N-dealkylation sites (tertiary alicyclic amines) is 1. The van der Waals surface area contributed by atoms with Crippen LogP contribution in [-0.4, -0.2) is 69.8 Å². The smallest absolute Gasteiger partial charge is 0.245 e. The van der Waals surface area contributed by atoms with Crippen LogP contribution in [0.4, 0.5) is 21.7 Å². The molecular formula is C31H34FN7O3. The van der Waals surface area contributed by atoms with Crippen LogP contribution in [0.15, 0.2) is 67.8 Å². The Bertz CT molecular complexity index is 1580. The van der Waals surface area contributed by atoms with E-state index < -0.39 is 5.82 Å². The number of anilines is 3. The van der Waals surface area contributed by atoms with Crippen LogP contribution in [0.2, 0.25) is 0 Å². The maximum atomic E-state index is 15.4. The zero-order valence-corrected chi connectivity index (χ0v) is 23.6. The molecule has 2 aliphatic rings. The summed E-state index contributed by atoms with van der Waals surface area (Å²) in [5.74, 6) is 1.99. The Kier molecular flexibility index (Phi) is 8.00. The number of methoxy groups -OCH3 is 1. The molecule has 4 aromatic rings. The van der Waals surface area contributed by atoms with Crippen LogP contribution in [-0.2, 0) is 9.53 Å². The van der Waals surface area contributed by atoms with Crippen molar-refractivity contribution < 1.29 is 18.7 Å². The van der Waals surface area contributed by atoms with Gasteiger partial charge in [0.25, 0.3) is 0 Å². The van der Waals surface area contributed by atoms with E-state index in [0.29, 0.717) is 30.4 Å². The number of pyridine rings is 1. The molecule has 1 aromatic carbocycles. The van der Waals surface area contributed by atoms with Crippen LogP contribution in [0.5, 0.6) is 11.5 Å². The number of carbonyl (C=O) groups is 1. The number of amides is 1. The van der Waals surface area contributed by atoms with E-state index in [9.17, 15) is 4.79 Å². The molecule has 11 heteroatoms. The summed E-state index contributed by atoms with van der Waals surface area (Å²) < 4.78 is 28.6. The average Bonchev–Trinajstić information content (AvgIpc) is 3.47. The number of nitrogens with zero attached hydrogens (tertiary/aromatic N) is 6. The Balaban J connectivity index is 1.17. The Morgan fingerprint density at radius 2 is 1.93 bits per heavy atom. The van der Waals surface area contributed by atoms with Gasteiger partial charge >= 0.3 is 0 Å². The van der Waals surface area contributed by atoms with E-state index in [1.165, 1.54) is 18.5 Å². The largest absolute Gasteiger partial charge is 0.457 e. The van der Waals surface area contributed by atoms with Gasteiger partial charge < -0.3 is 24.6 Å². The SMILES string of the molecule is C=CC(=O)N1CCC(c2ccn3ncnc(Nc4ccc(Oc5ccnc(N6CCC[C@@H](OC)C6)c5)cc4F)c23)CC1. The highest BCUT2D eigenvalue weighted by Gasteiger charge is 2.26. The molecule has 0 unspecified atom stereocenters. The van der Waals surface area contributed by atoms with Crippen molar-refractivity contribution in [3.63, 3.8) is 0 Å². The zero-order valence-electron chi connectivity index (χ0n) is 23.6. The molecule has 0 saturated carbocycles. The lowest BCUT2D eigenvalue weighted by molar-refractivity contribution is -0.127. The van der Waals surface area contributed by atoms with Crippen molar-refractivity contribution in [3.8, 4) is 11.5 Å². The summed E-state index contributed by atoms with van der Waals surface area (Å²) in [5.41, 5.74) is 2.14. The van der Waals surface area contributed by atoms with Crippen molar-refractivity contribution in [3.05, 3.63) is 79.2 Å². The van der Waals surface area contributed by atoms with Gasteiger partial charge in [0.15, 0.2) is 5.82 Å². The molecule has 2 saturated heterocycles. The number of hydrogen-bond donors (Lipinski definition) is 1. The van der Waals surface area contributed by atoms with Crippen molar-refractivity contribution in [1.29, 1.82) is 0 Å². The van der Waals surface area contributed by atoms with Crippen LogP contribution < -0.4 is 15.0 Å². The Hall–Kier alpha value is -4.51. The number of carbonyl (C=O) groups excluding carboxylic acids is 1. The number of ether oxygens (including phenoxy) is 2. The number of halogens is 1. The highest BCUT2D eigenvalue weighted by molar-refractivity contribution is 5.87. The van der Waals surface area contributed by atoms with Crippen molar-refractivity contribution in [2.45, 2.75) is 37.7 Å². The third-order valence-electron chi connectivity index (χ3n) is 8.09. The lowest BCUT2D eigenvalue weighted by Gasteiger charge is -2.32. The number of aromatic nitrogens is 4. The summed E-state index contributed by atoms with van der Waals surface area (Å²) in [6.45, 7) is 6.58. The minimum Gasteiger partial charge on any atom is -0.457 e. The quantitative estimate of drug-likeness (QED) is 0.285. The molecule has 0 aliphatic carbocycles. The van der Waals surface area contributed by atoms with Crippen LogP contribution >= 0.6 is 0 Å². The molecule has 3 aromatic heterocycles. The monoisotopic (exact) mass is 571 g/mol. The van der Waals surface area contributed by atoms with Gasteiger partial charge in [-0.2, -0.15) is 5.10 Å². The summed E-state index contributed by atoms with van der Waals surface area (Å²) >= 11 is 0. The number of nitrogens with one attached hydrogen (secondary N) is 1. The fraction of sp³-hybridized carbons (Fsp3) is 0.355. The molecule has 5 heterocycles. The van der Waals surface area contributed by atoms with Crippen molar-refractivity contribution in [2.24, 2.45) is 0 Å². The van der Waals surface area contributed by atoms with E-state index in [0.717, 1.165) is 55.7 Å². The van der Waals surface area contributed by atoms with Crippen molar-refractivity contribution >= 4 is 28.7 Å². The molecule has 1 amide bonds. The topological polar surface area (TPSA) is 97.1 Å². The lowest BCUT2D eigenvalue weighted by atomic mass is 9.90.